The van der Waals surface area contributed by atoms with Crippen LogP contribution in [0.4, 0.5) is 0 Å². The summed E-state index contributed by atoms with van der Waals surface area (Å²) in [6.07, 6.45) is 4.38. The molecule has 4 heteroatoms. The fourth-order valence-corrected chi connectivity index (χ4v) is 2.08. The molecule has 0 saturated heterocycles. The van der Waals surface area contributed by atoms with E-state index in [-0.39, 0.29) is 24.2 Å². The molecule has 2 amide bonds. The molecule has 0 bridgehead atoms. The second kappa shape index (κ2) is 4.25. The van der Waals surface area contributed by atoms with Crippen molar-refractivity contribution >= 4 is 11.8 Å². The molecule has 0 aromatic heterocycles. The maximum atomic E-state index is 11.0. The second-order valence-corrected chi connectivity index (χ2v) is 3.72. The van der Waals surface area contributed by atoms with Crippen LogP contribution < -0.4 is 11.5 Å². The molecular formula is C9H16N2O2. The quantitative estimate of drug-likeness (QED) is 0.651. The van der Waals surface area contributed by atoms with E-state index in [2.05, 4.69) is 0 Å². The molecule has 1 unspecified atom stereocenters. The number of carbonyl (C=O) groups excluding carboxylic acids is 2. The van der Waals surface area contributed by atoms with E-state index in [0.29, 0.717) is 0 Å². The molecule has 13 heavy (non-hydrogen) atoms. The Kier molecular flexibility index (Phi) is 3.28. The smallest absolute Gasteiger partial charge is 0.221 e. The summed E-state index contributed by atoms with van der Waals surface area (Å²) >= 11 is 0. The van der Waals surface area contributed by atoms with Crippen LogP contribution in [0.5, 0.6) is 0 Å². The van der Waals surface area contributed by atoms with Gasteiger partial charge in [0.05, 0.1) is 0 Å². The normalized spacial score (nSPS) is 20.0. The SMILES string of the molecule is NC(=O)CC(C(N)=O)C1CCCC1. The van der Waals surface area contributed by atoms with Gasteiger partial charge in [0.25, 0.3) is 0 Å². The summed E-state index contributed by atoms with van der Waals surface area (Å²) in [5, 5.41) is 0. The molecule has 1 aliphatic rings. The van der Waals surface area contributed by atoms with Crippen molar-refractivity contribution in [3.63, 3.8) is 0 Å². The van der Waals surface area contributed by atoms with E-state index in [9.17, 15) is 9.59 Å². The predicted octanol–water partition coefficient (Wildman–Crippen LogP) is 0.153. The molecule has 1 aliphatic carbocycles. The Morgan fingerprint density at radius 3 is 2.15 bits per heavy atom. The van der Waals surface area contributed by atoms with Crippen LogP contribution in [0.25, 0.3) is 0 Å². The number of rotatable bonds is 4. The molecule has 4 N–H and O–H groups in total. The molecule has 0 aliphatic heterocycles. The molecule has 0 aromatic carbocycles. The lowest BCUT2D eigenvalue weighted by Gasteiger charge is -2.18. The maximum absolute atomic E-state index is 11.0. The monoisotopic (exact) mass is 184 g/mol. The Hall–Kier alpha value is -1.06. The van der Waals surface area contributed by atoms with Crippen LogP contribution in [0.3, 0.4) is 0 Å². The van der Waals surface area contributed by atoms with Crippen LogP contribution in [0.1, 0.15) is 32.1 Å². The average molecular weight is 184 g/mol. The lowest BCUT2D eigenvalue weighted by Crippen LogP contribution is -2.32. The first-order chi connectivity index (χ1) is 6.11. The number of primary amides is 2. The number of nitrogens with two attached hydrogens (primary N) is 2. The summed E-state index contributed by atoms with van der Waals surface area (Å²) in [6.45, 7) is 0. The van der Waals surface area contributed by atoms with Gasteiger partial charge in [-0.05, 0) is 18.8 Å². The molecular weight excluding hydrogens is 168 g/mol. The molecule has 1 saturated carbocycles. The zero-order valence-electron chi connectivity index (χ0n) is 7.66. The third-order valence-corrected chi connectivity index (χ3v) is 2.76. The van der Waals surface area contributed by atoms with Gasteiger partial charge in [-0.2, -0.15) is 0 Å². The fourth-order valence-electron chi connectivity index (χ4n) is 2.08. The lowest BCUT2D eigenvalue weighted by molar-refractivity contribution is -0.128. The van der Waals surface area contributed by atoms with Crippen LogP contribution in [0.15, 0.2) is 0 Å². The van der Waals surface area contributed by atoms with Crippen LogP contribution in [0, 0.1) is 11.8 Å². The van der Waals surface area contributed by atoms with Gasteiger partial charge < -0.3 is 11.5 Å². The van der Waals surface area contributed by atoms with E-state index in [1.807, 2.05) is 0 Å². The van der Waals surface area contributed by atoms with Crippen LogP contribution in [-0.4, -0.2) is 11.8 Å². The Morgan fingerprint density at radius 1 is 1.23 bits per heavy atom. The first kappa shape index (κ1) is 10.0. The van der Waals surface area contributed by atoms with Crippen LogP contribution >= 0.6 is 0 Å². The van der Waals surface area contributed by atoms with Crippen molar-refractivity contribution in [2.24, 2.45) is 23.3 Å². The highest BCUT2D eigenvalue weighted by Crippen LogP contribution is 2.32. The minimum atomic E-state index is -0.435. The standard InChI is InChI=1S/C9H16N2O2/c10-8(12)5-7(9(11)13)6-3-1-2-4-6/h6-7H,1-5H2,(H2,10,12)(H2,11,13). The van der Waals surface area contributed by atoms with Gasteiger partial charge >= 0.3 is 0 Å². The zero-order valence-corrected chi connectivity index (χ0v) is 7.66. The van der Waals surface area contributed by atoms with Gasteiger partial charge in [0.2, 0.25) is 11.8 Å². The van der Waals surface area contributed by atoms with Gasteiger partial charge in [-0.1, -0.05) is 12.8 Å². The summed E-state index contributed by atoms with van der Waals surface area (Å²) in [4.78, 5) is 21.7. The first-order valence-electron chi connectivity index (χ1n) is 4.69. The molecule has 74 valence electrons. The molecule has 4 nitrogen and oxygen atoms in total. The Labute approximate surface area is 77.7 Å². The first-order valence-corrected chi connectivity index (χ1v) is 4.69. The Morgan fingerprint density at radius 2 is 1.77 bits per heavy atom. The van der Waals surface area contributed by atoms with E-state index in [4.69, 9.17) is 11.5 Å². The van der Waals surface area contributed by atoms with Crippen molar-refractivity contribution < 1.29 is 9.59 Å². The highest BCUT2D eigenvalue weighted by Gasteiger charge is 2.30. The Bertz CT molecular complexity index is 210. The Balaban J connectivity index is 2.55. The van der Waals surface area contributed by atoms with Crippen LogP contribution in [-0.2, 0) is 9.59 Å². The molecule has 1 rings (SSSR count). The number of hydrogen-bond donors (Lipinski definition) is 2. The van der Waals surface area contributed by atoms with Gasteiger partial charge in [0, 0.05) is 12.3 Å². The van der Waals surface area contributed by atoms with E-state index in [1.165, 1.54) is 0 Å². The minimum absolute atomic E-state index is 0.111. The number of hydrogen-bond acceptors (Lipinski definition) is 2. The maximum Gasteiger partial charge on any atom is 0.221 e. The van der Waals surface area contributed by atoms with E-state index in [1.54, 1.807) is 0 Å². The highest BCUT2D eigenvalue weighted by atomic mass is 16.2. The summed E-state index contributed by atoms with van der Waals surface area (Å²) < 4.78 is 0. The third kappa shape index (κ3) is 2.72. The highest BCUT2D eigenvalue weighted by molar-refractivity contribution is 5.84. The minimum Gasteiger partial charge on any atom is -0.370 e. The van der Waals surface area contributed by atoms with Gasteiger partial charge in [0.1, 0.15) is 0 Å². The number of carbonyl (C=O) groups is 2. The molecule has 0 radical (unpaired) electrons. The van der Waals surface area contributed by atoms with Gasteiger partial charge in [-0.25, -0.2) is 0 Å². The van der Waals surface area contributed by atoms with Crippen molar-refractivity contribution in [1.82, 2.24) is 0 Å². The largest absolute Gasteiger partial charge is 0.370 e. The fraction of sp³-hybridized carbons (Fsp3) is 0.778. The van der Waals surface area contributed by atoms with Crippen LogP contribution in [0.2, 0.25) is 0 Å². The van der Waals surface area contributed by atoms with E-state index >= 15 is 0 Å². The summed E-state index contributed by atoms with van der Waals surface area (Å²) in [5.74, 6) is -0.869. The number of amides is 2. The molecule has 1 fully saturated rings. The predicted molar refractivity (Wildman–Crippen MR) is 48.5 cm³/mol. The summed E-state index contributed by atoms with van der Waals surface area (Å²) in [5.41, 5.74) is 10.3. The lowest BCUT2D eigenvalue weighted by atomic mass is 9.87. The van der Waals surface area contributed by atoms with Crippen molar-refractivity contribution in [3.8, 4) is 0 Å². The third-order valence-electron chi connectivity index (χ3n) is 2.76. The summed E-state index contributed by atoms with van der Waals surface area (Å²) in [6, 6.07) is 0. The zero-order chi connectivity index (χ0) is 9.84. The molecule has 0 aromatic rings. The van der Waals surface area contributed by atoms with E-state index < -0.39 is 5.91 Å². The van der Waals surface area contributed by atoms with Crippen molar-refractivity contribution in [1.29, 1.82) is 0 Å². The van der Waals surface area contributed by atoms with Crippen molar-refractivity contribution in [3.05, 3.63) is 0 Å². The summed E-state index contributed by atoms with van der Waals surface area (Å²) in [7, 11) is 0. The topological polar surface area (TPSA) is 86.2 Å². The second-order valence-electron chi connectivity index (χ2n) is 3.72. The van der Waals surface area contributed by atoms with Gasteiger partial charge in [-0.15, -0.1) is 0 Å². The average Bonchev–Trinajstić information content (AvgIpc) is 2.50. The van der Waals surface area contributed by atoms with Crippen molar-refractivity contribution in [2.45, 2.75) is 32.1 Å². The molecule has 0 heterocycles. The molecule has 0 spiro atoms. The van der Waals surface area contributed by atoms with Gasteiger partial charge in [0.15, 0.2) is 0 Å². The van der Waals surface area contributed by atoms with Crippen molar-refractivity contribution in [2.75, 3.05) is 0 Å². The molecule has 1 atom stereocenters. The van der Waals surface area contributed by atoms with E-state index in [0.717, 1.165) is 25.7 Å². The van der Waals surface area contributed by atoms with Gasteiger partial charge in [-0.3, -0.25) is 9.59 Å².